The second-order valence-electron chi connectivity index (χ2n) is 2.95. The minimum atomic E-state index is -0.895. The molecule has 2 aromatic carbocycles. The molecular formula is C11H10BrGaO2. The van der Waals surface area contributed by atoms with Crippen LogP contribution in [0.5, 0.6) is 0 Å². The van der Waals surface area contributed by atoms with E-state index in [1.54, 1.807) is 12.1 Å². The Hall–Kier alpha value is -0.714. The molecule has 0 atom stereocenters. The van der Waals surface area contributed by atoms with Crippen molar-refractivity contribution in [1.29, 1.82) is 0 Å². The zero-order valence-electron chi connectivity index (χ0n) is 7.20. The summed E-state index contributed by atoms with van der Waals surface area (Å²) in [7, 11) is 0. The van der Waals surface area contributed by atoms with Gasteiger partial charge >= 0.3 is 25.8 Å². The van der Waals surface area contributed by atoms with E-state index in [1.807, 2.05) is 24.3 Å². The molecule has 0 bridgehead atoms. The number of benzene rings is 2. The van der Waals surface area contributed by atoms with Gasteiger partial charge in [0, 0.05) is 4.47 Å². The summed E-state index contributed by atoms with van der Waals surface area (Å²) in [6, 6.07) is 10.8. The number of aromatic carboxylic acids is 1. The van der Waals surface area contributed by atoms with Crippen LogP contribution in [-0.2, 0) is 0 Å². The van der Waals surface area contributed by atoms with E-state index in [9.17, 15) is 4.79 Å². The number of carbonyl (C=O) groups is 1. The molecule has 15 heavy (non-hydrogen) atoms. The van der Waals surface area contributed by atoms with E-state index in [0.717, 1.165) is 15.2 Å². The molecule has 0 aliphatic carbocycles. The Bertz CT molecular complexity index is 511. The Morgan fingerprint density at radius 3 is 2.27 bits per heavy atom. The van der Waals surface area contributed by atoms with Gasteiger partial charge in [-0.2, -0.15) is 0 Å². The summed E-state index contributed by atoms with van der Waals surface area (Å²) in [5.41, 5.74) is 0.337. The summed E-state index contributed by atoms with van der Waals surface area (Å²) in [5, 5.41) is 10.6. The van der Waals surface area contributed by atoms with E-state index in [4.69, 9.17) is 5.11 Å². The second kappa shape index (κ2) is 4.87. The van der Waals surface area contributed by atoms with Crippen molar-refractivity contribution in [2.45, 2.75) is 0 Å². The van der Waals surface area contributed by atoms with Gasteiger partial charge in [0.1, 0.15) is 0 Å². The molecule has 0 aliphatic heterocycles. The third-order valence-electron chi connectivity index (χ3n) is 2.10. The number of carboxylic acid groups (broad SMARTS) is 1. The van der Waals surface area contributed by atoms with Gasteiger partial charge in [0.2, 0.25) is 0 Å². The van der Waals surface area contributed by atoms with Gasteiger partial charge in [-0.25, -0.2) is 4.79 Å². The molecular weight excluding hydrogens is 314 g/mol. The van der Waals surface area contributed by atoms with E-state index in [0.29, 0.717) is 5.56 Å². The fraction of sp³-hybridized carbons (Fsp3) is 0. The van der Waals surface area contributed by atoms with E-state index >= 15 is 0 Å². The van der Waals surface area contributed by atoms with Gasteiger partial charge in [0.25, 0.3) is 0 Å². The van der Waals surface area contributed by atoms with Crippen LogP contribution in [0.2, 0.25) is 0 Å². The molecule has 0 fully saturated rings. The molecule has 0 saturated heterocycles. The van der Waals surface area contributed by atoms with Gasteiger partial charge in [0.05, 0.1) is 5.56 Å². The molecule has 0 aromatic heterocycles. The first-order chi connectivity index (χ1) is 6.70. The SMILES string of the molecule is O=C(O)c1ccc(Br)c2ccccc12.[GaH3]. The van der Waals surface area contributed by atoms with Gasteiger partial charge in [-0.1, -0.05) is 40.2 Å². The van der Waals surface area contributed by atoms with Crippen LogP contribution in [0.3, 0.4) is 0 Å². The molecule has 0 heterocycles. The van der Waals surface area contributed by atoms with Crippen molar-refractivity contribution < 1.29 is 9.90 Å². The Labute approximate surface area is 108 Å². The fourth-order valence-electron chi connectivity index (χ4n) is 1.45. The molecule has 0 saturated carbocycles. The van der Waals surface area contributed by atoms with Crippen LogP contribution in [0.4, 0.5) is 0 Å². The van der Waals surface area contributed by atoms with E-state index in [2.05, 4.69) is 15.9 Å². The van der Waals surface area contributed by atoms with Crippen LogP contribution in [0.25, 0.3) is 10.8 Å². The van der Waals surface area contributed by atoms with Gasteiger partial charge < -0.3 is 5.11 Å². The zero-order chi connectivity index (χ0) is 10.1. The van der Waals surface area contributed by atoms with Crippen LogP contribution >= 0.6 is 15.9 Å². The molecule has 0 amide bonds. The van der Waals surface area contributed by atoms with Crippen LogP contribution in [-0.4, -0.2) is 30.9 Å². The van der Waals surface area contributed by atoms with Gasteiger partial charge in [0.15, 0.2) is 0 Å². The monoisotopic (exact) mass is 322 g/mol. The first kappa shape index (κ1) is 12.4. The van der Waals surface area contributed by atoms with Crippen LogP contribution in [0, 0.1) is 0 Å². The molecule has 2 nitrogen and oxygen atoms in total. The van der Waals surface area contributed by atoms with E-state index in [-0.39, 0.29) is 19.8 Å². The van der Waals surface area contributed by atoms with Crippen LogP contribution in [0.1, 0.15) is 10.4 Å². The Morgan fingerprint density at radius 2 is 1.67 bits per heavy atom. The third kappa shape index (κ3) is 2.27. The molecule has 2 aromatic rings. The Morgan fingerprint density at radius 1 is 1.07 bits per heavy atom. The number of hydrogen-bond acceptors (Lipinski definition) is 1. The molecule has 0 unspecified atom stereocenters. The molecule has 2 rings (SSSR count). The second-order valence-corrected chi connectivity index (χ2v) is 3.80. The average Bonchev–Trinajstić information content (AvgIpc) is 2.18. The molecule has 4 heteroatoms. The van der Waals surface area contributed by atoms with Crippen molar-refractivity contribution in [2.75, 3.05) is 0 Å². The number of fused-ring (bicyclic) bond motifs is 1. The van der Waals surface area contributed by atoms with Crippen molar-refractivity contribution in [2.24, 2.45) is 0 Å². The van der Waals surface area contributed by atoms with Crippen molar-refractivity contribution in [3.05, 3.63) is 46.4 Å². The summed E-state index contributed by atoms with van der Waals surface area (Å²) in [6.45, 7) is 0. The van der Waals surface area contributed by atoms with Crippen molar-refractivity contribution in [1.82, 2.24) is 0 Å². The van der Waals surface area contributed by atoms with Crippen molar-refractivity contribution in [3.8, 4) is 0 Å². The maximum absolute atomic E-state index is 10.9. The number of hydrogen-bond donors (Lipinski definition) is 1. The van der Waals surface area contributed by atoms with Crippen molar-refractivity contribution in [3.63, 3.8) is 0 Å². The summed E-state index contributed by atoms with van der Waals surface area (Å²) in [6.07, 6.45) is 0. The summed E-state index contributed by atoms with van der Waals surface area (Å²) in [4.78, 5) is 10.9. The zero-order valence-corrected chi connectivity index (χ0v) is 8.78. The first-order valence-electron chi connectivity index (χ1n) is 4.10. The minimum absolute atomic E-state index is 0. The normalized spacial score (nSPS) is 9.67. The van der Waals surface area contributed by atoms with E-state index in [1.165, 1.54) is 0 Å². The van der Waals surface area contributed by atoms with Gasteiger partial charge in [-0.3, -0.25) is 0 Å². The molecule has 1 N–H and O–H groups in total. The summed E-state index contributed by atoms with van der Waals surface area (Å²) in [5.74, 6) is -0.895. The van der Waals surface area contributed by atoms with Crippen LogP contribution < -0.4 is 0 Å². The number of halogens is 1. The predicted octanol–water partition coefficient (Wildman–Crippen LogP) is 2.12. The topological polar surface area (TPSA) is 37.3 Å². The molecule has 76 valence electrons. The molecule has 0 spiro atoms. The maximum atomic E-state index is 10.9. The predicted molar refractivity (Wildman–Crippen MR) is 68.5 cm³/mol. The Balaban J connectivity index is 0.00000112. The average molecular weight is 324 g/mol. The summed E-state index contributed by atoms with van der Waals surface area (Å²) < 4.78 is 0.915. The number of rotatable bonds is 1. The first-order valence-corrected chi connectivity index (χ1v) is 4.90. The Kier molecular flexibility index (Phi) is 4.01. The van der Waals surface area contributed by atoms with Crippen LogP contribution in [0.15, 0.2) is 40.9 Å². The van der Waals surface area contributed by atoms with Gasteiger partial charge in [-0.15, -0.1) is 0 Å². The standard InChI is InChI=1S/C11H7BrO2.Ga.3H/c12-10-6-5-9(11(13)14)7-3-1-2-4-8(7)10;;;;/h1-6H,(H,13,14);;;;. The van der Waals surface area contributed by atoms with E-state index < -0.39 is 5.97 Å². The van der Waals surface area contributed by atoms with Crippen molar-refractivity contribution >= 4 is 52.5 Å². The molecule has 0 aliphatic rings. The summed E-state index contributed by atoms with van der Waals surface area (Å²) >= 11 is 3.39. The molecule has 0 radical (unpaired) electrons. The number of carboxylic acids is 1. The van der Waals surface area contributed by atoms with Gasteiger partial charge in [-0.05, 0) is 22.9 Å². The fourth-order valence-corrected chi connectivity index (χ4v) is 1.93. The third-order valence-corrected chi connectivity index (χ3v) is 2.79. The quantitative estimate of drug-likeness (QED) is 0.816.